The summed E-state index contributed by atoms with van der Waals surface area (Å²) in [5.41, 5.74) is 3.79. The molecule has 0 saturated carbocycles. The SMILES string of the molecule is Cc1cc(C)n(-c2cccc(NC(=O)c3c(C)oc(-n4cccc4)c3C#N)c2)n1. The van der Waals surface area contributed by atoms with Crippen molar-refractivity contribution >= 4 is 11.6 Å². The molecule has 144 valence electrons. The zero-order valence-electron chi connectivity index (χ0n) is 16.3. The molecule has 1 N–H and O–H groups in total. The van der Waals surface area contributed by atoms with E-state index in [4.69, 9.17) is 4.42 Å². The lowest BCUT2D eigenvalue weighted by Crippen LogP contribution is -2.14. The first kappa shape index (κ1) is 18.3. The summed E-state index contributed by atoms with van der Waals surface area (Å²) in [7, 11) is 0. The van der Waals surface area contributed by atoms with Crippen LogP contribution < -0.4 is 5.32 Å². The fourth-order valence-electron chi connectivity index (χ4n) is 3.36. The normalized spacial score (nSPS) is 10.7. The van der Waals surface area contributed by atoms with Gasteiger partial charge in [0.05, 0.1) is 11.4 Å². The molecular formula is C22H19N5O2. The van der Waals surface area contributed by atoms with Crippen molar-refractivity contribution in [1.29, 1.82) is 5.26 Å². The zero-order chi connectivity index (χ0) is 20.5. The van der Waals surface area contributed by atoms with Crippen molar-refractivity contribution in [1.82, 2.24) is 14.3 Å². The lowest BCUT2D eigenvalue weighted by Gasteiger charge is -2.09. The lowest BCUT2D eigenvalue weighted by molar-refractivity contribution is 0.102. The minimum absolute atomic E-state index is 0.200. The summed E-state index contributed by atoms with van der Waals surface area (Å²) in [4.78, 5) is 13.0. The van der Waals surface area contributed by atoms with E-state index < -0.39 is 5.91 Å². The van der Waals surface area contributed by atoms with Gasteiger partial charge in [-0.05, 0) is 57.2 Å². The molecule has 7 nitrogen and oxygen atoms in total. The number of carbonyl (C=O) groups excluding carboxylic acids is 1. The summed E-state index contributed by atoms with van der Waals surface area (Å²) in [6.45, 7) is 5.58. The fraction of sp³-hybridized carbons (Fsp3) is 0.136. The first-order valence-electron chi connectivity index (χ1n) is 9.10. The van der Waals surface area contributed by atoms with Gasteiger partial charge in [0.1, 0.15) is 23.0 Å². The highest BCUT2D eigenvalue weighted by Crippen LogP contribution is 2.26. The molecule has 1 aromatic carbocycles. The molecule has 0 aliphatic rings. The molecule has 3 aromatic heterocycles. The topological polar surface area (TPSA) is 88.8 Å². The van der Waals surface area contributed by atoms with E-state index >= 15 is 0 Å². The Balaban J connectivity index is 1.67. The summed E-state index contributed by atoms with van der Waals surface area (Å²) in [6, 6.07) is 15.1. The van der Waals surface area contributed by atoms with Crippen LogP contribution in [0, 0.1) is 32.1 Å². The molecule has 3 heterocycles. The molecular weight excluding hydrogens is 366 g/mol. The lowest BCUT2D eigenvalue weighted by atomic mass is 10.1. The number of aryl methyl sites for hydroxylation is 3. The minimum atomic E-state index is -0.397. The summed E-state index contributed by atoms with van der Waals surface area (Å²) >= 11 is 0. The molecule has 0 saturated heterocycles. The van der Waals surface area contributed by atoms with E-state index in [1.165, 1.54) is 0 Å². The molecule has 0 aliphatic heterocycles. The second kappa shape index (κ2) is 7.17. The number of amides is 1. The summed E-state index contributed by atoms with van der Waals surface area (Å²) < 4.78 is 9.21. The predicted molar refractivity (Wildman–Crippen MR) is 108 cm³/mol. The highest BCUT2D eigenvalue weighted by molar-refractivity contribution is 6.07. The maximum atomic E-state index is 13.0. The Labute approximate surface area is 167 Å². The number of nitriles is 1. The van der Waals surface area contributed by atoms with Crippen molar-refractivity contribution in [3.05, 3.63) is 83.1 Å². The Morgan fingerprint density at radius 2 is 1.90 bits per heavy atom. The highest BCUT2D eigenvalue weighted by Gasteiger charge is 2.24. The fourth-order valence-corrected chi connectivity index (χ4v) is 3.36. The number of hydrogen-bond donors (Lipinski definition) is 1. The van der Waals surface area contributed by atoms with Crippen LogP contribution in [0.2, 0.25) is 0 Å². The molecule has 0 atom stereocenters. The number of carbonyl (C=O) groups is 1. The number of nitrogens with one attached hydrogen (secondary N) is 1. The van der Waals surface area contributed by atoms with Crippen LogP contribution in [0.15, 0.2) is 59.3 Å². The van der Waals surface area contributed by atoms with Gasteiger partial charge in [0.25, 0.3) is 5.91 Å². The van der Waals surface area contributed by atoms with Gasteiger partial charge < -0.3 is 9.73 Å². The van der Waals surface area contributed by atoms with E-state index in [0.29, 0.717) is 17.3 Å². The first-order valence-corrected chi connectivity index (χ1v) is 9.10. The third-order valence-electron chi connectivity index (χ3n) is 4.60. The van der Waals surface area contributed by atoms with Gasteiger partial charge in [0.2, 0.25) is 5.88 Å². The third kappa shape index (κ3) is 3.32. The van der Waals surface area contributed by atoms with Crippen LogP contribution in [0.25, 0.3) is 11.6 Å². The van der Waals surface area contributed by atoms with Crippen LogP contribution in [-0.2, 0) is 0 Å². The summed E-state index contributed by atoms with van der Waals surface area (Å²) in [6.07, 6.45) is 3.53. The Morgan fingerprint density at radius 3 is 2.55 bits per heavy atom. The Hall–Kier alpha value is -4.05. The maximum absolute atomic E-state index is 13.0. The predicted octanol–water partition coefficient (Wildman–Crippen LogP) is 4.31. The van der Waals surface area contributed by atoms with Gasteiger partial charge in [0, 0.05) is 23.8 Å². The largest absolute Gasteiger partial charge is 0.443 e. The second-order valence-electron chi connectivity index (χ2n) is 6.76. The van der Waals surface area contributed by atoms with E-state index in [1.807, 2.05) is 54.9 Å². The Morgan fingerprint density at radius 1 is 1.14 bits per heavy atom. The molecule has 4 rings (SSSR count). The molecule has 0 radical (unpaired) electrons. The molecule has 1 amide bonds. The zero-order valence-corrected chi connectivity index (χ0v) is 16.3. The van der Waals surface area contributed by atoms with E-state index in [1.54, 1.807) is 30.0 Å². The van der Waals surface area contributed by atoms with Crippen LogP contribution in [0.4, 0.5) is 5.69 Å². The average Bonchev–Trinajstić information content (AvgIpc) is 3.40. The van der Waals surface area contributed by atoms with Gasteiger partial charge in [-0.1, -0.05) is 6.07 Å². The van der Waals surface area contributed by atoms with Crippen LogP contribution in [0.3, 0.4) is 0 Å². The molecule has 0 spiro atoms. The first-order chi connectivity index (χ1) is 14.0. The molecule has 0 fully saturated rings. The summed E-state index contributed by atoms with van der Waals surface area (Å²) in [5.74, 6) is 0.320. The van der Waals surface area contributed by atoms with Gasteiger partial charge in [-0.3, -0.25) is 9.36 Å². The van der Waals surface area contributed by atoms with Crippen LogP contribution >= 0.6 is 0 Å². The monoisotopic (exact) mass is 385 g/mol. The van der Waals surface area contributed by atoms with Crippen molar-refractivity contribution in [2.24, 2.45) is 0 Å². The standard InChI is InChI=1S/C22H19N5O2/c1-14-11-15(2)27(25-14)18-8-6-7-17(12-18)24-21(28)20-16(3)29-22(19(20)13-23)26-9-4-5-10-26/h4-12H,1-3H3,(H,24,28). The van der Waals surface area contributed by atoms with E-state index in [2.05, 4.69) is 16.5 Å². The number of anilines is 1. The Kier molecular flexibility index (Phi) is 4.53. The number of hydrogen-bond acceptors (Lipinski definition) is 4. The average molecular weight is 385 g/mol. The number of benzene rings is 1. The second-order valence-corrected chi connectivity index (χ2v) is 6.76. The van der Waals surface area contributed by atoms with Crippen LogP contribution in [0.5, 0.6) is 0 Å². The molecule has 7 heteroatoms. The molecule has 4 aromatic rings. The highest BCUT2D eigenvalue weighted by atomic mass is 16.4. The molecule has 0 bridgehead atoms. The van der Waals surface area contributed by atoms with Crippen molar-refractivity contribution in [2.45, 2.75) is 20.8 Å². The number of furan rings is 1. The quantitative estimate of drug-likeness (QED) is 0.567. The molecule has 0 unspecified atom stereocenters. The van der Waals surface area contributed by atoms with Crippen LogP contribution in [0.1, 0.15) is 33.1 Å². The van der Waals surface area contributed by atoms with Gasteiger partial charge in [0.15, 0.2) is 0 Å². The minimum Gasteiger partial charge on any atom is -0.443 e. The van der Waals surface area contributed by atoms with Gasteiger partial charge in [-0.25, -0.2) is 4.68 Å². The van der Waals surface area contributed by atoms with E-state index in [9.17, 15) is 10.1 Å². The number of rotatable bonds is 4. The van der Waals surface area contributed by atoms with Crippen LogP contribution in [-0.4, -0.2) is 20.3 Å². The van der Waals surface area contributed by atoms with Crippen molar-refractivity contribution < 1.29 is 9.21 Å². The molecule has 29 heavy (non-hydrogen) atoms. The van der Waals surface area contributed by atoms with Crippen molar-refractivity contribution in [3.8, 4) is 17.6 Å². The molecule has 0 aliphatic carbocycles. The number of nitrogens with zero attached hydrogens (tertiary/aromatic N) is 4. The number of aromatic nitrogens is 3. The van der Waals surface area contributed by atoms with Crippen molar-refractivity contribution in [2.75, 3.05) is 5.32 Å². The summed E-state index contributed by atoms with van der Waals surface area (Å²) in [5, 5.41) is 17.0. The third-order valence-corrected chi connectivity index (χ3v) is 4.60. The van der Waals surface area contributed by atoms with E-state index in [0.717, 1.165) is 17.1 Å². The Bertz CT molecular complexity index is 1240. The van der Waals surface area contributed by atoms with E-state index in [-0.39, 0.29) is 11.1 Å². The van der Waals surface area contributed by atoms with Crippen molar-refractivity contribution in [3.63, 3.8) is 0 Å². The van der Waals surface area contributed by atoms with Gasteiger partial charge in [-0.2, -0.15) is 10.4 Å². The van der Waals surface area contributed by atoms with Gasteiger partial charge >= 0.3 is 0 Å². The smallest absolute Gasteiger partial charge is 0.260 e. The van der Waals surface area contributed by atoms with Gasteiger partial charge in [-0.15, -0.1) is 0 Å². The maximum Gasteiger partial charge on any atom is 0.260 e.